The van der Waals surface area contributed by atoms with Gasteiger partial charge in [0.25, 0.3) is 0 Å². The van der Waals surface area contributed by atoms with Crippen molar-refractivity contribution >= 4 is 26.3 Å². The molecule has 30 heavy (non-hydrogen) atoms. The maximum atomic E-state index is 2.31. The predicted octanol–water partition coefficient (Wildman–Crippen LogP) is 10.5. The van der Waals surface area contributed by atoms with Crippen molar-refractivity contribution in [1.29, 1.82) is 0 Å². The smallest absolute Gasteiger partial charge is 0.0654 e. The second kappa shape index (κ2) is 30.0. The van der Waals surface area contributed by atoms with Crippen LogP contribution in [0.4, 0.5) is 0 Å². The van der Waals surface area contributed by atoms with Crippen LogP contribution >= 0.6 is 0 Å². The summed E-state index contributed by atoms with van der Waals surface area (Å²) < 4.78 is 0. The Morgan fingerprint density at radius 3 is 0.700 bits per heavy atom. The standard InChI is InChI=1S/C28H58Se2/c1-3-5-7-9-11-13-15-17-19-21-23-25-27-29-30-28-26-24-22-20-18-16-14-12-10-8-6-4-2/h3-28H2,1-2H3. The molecule has 0 saturated carbocycles. The molecule has 0 aromatic rings. The van der Waals surface area contributed by atoms with Gasteiger partial charge < -0.3 is 0 Å². The van der Waals surface area contributed by atoms with Gasteiger partial charge in [-0.1, -0.05) is 26.7 Å². The summed E-state index contributed by atoms with van der Waals surface area (Å²) in [4.78, 5) is 0. The van der Waals surface area contributed by atoms with Crippen LogP contribution in [0.3, 0.4) is 0 Å². The fourth-order valence-corrected chi connectivity index (χ4v) is 11.1. The van der Waals surface area contributed by atoms with Crippen molar-refractivity contribution in [2.45, 2.75) is 179 Å². The molecule has 0 rings (SSSR count). The van der Waals surface area contributed by atoms with Crippen LogP contribution < -0.4 is 0 Å². The molecule has 0 aliphatic heterocycles. The molecule has 0 spiro atoms. The van der Waals surface area contributed by atoms with Crippen molar-refractivity contribution in [1.82, 2.24) is 0 Å². The van der Waals surface area contributed by atoms with Gasteiger partial charge in [0.1, 0.15) is 0 Å². The minimum absolute atomic E-state index is 1.02. The Morgan fingerprint density at radius 1 is 0.267 bits per heavy atom. The van der Waals surface area contributed by atoms with Gasteiger partial charge in [-0.25, -0.2) is 0 Å². The average Bonchev–Trinajstić information content (AvgIpc) is 2.76. The molecule has 0 bridgehead atoms. The van der Waals surface area contributed by atoms with E-state index in [0.717, 1.165) is 26.3 Å². The molecule has 0 saturated heterocycles. The van der Waals surface area contributed by atoms with E-state index >= 15 is 0 Å². The number of rotatable bonds is 27. The summed E-state index contributed by atoms with van der Waals surface area (Å²) in [6.07, 6.45) is 35.7. The summed E-state index contributed by atoms with van der Waals surface area (Å²) in [7, 11) is 0. The zero-order chi connectivity index (χ0) is 21.8. The topological polar surface area (TPSA) is 0 Å². The van der Waals surface area contributed by atoms with Gasteiger partial charge in [-0.05, 0) is 0 Å². The van der Waals surface area contributed by atoms with Gasteiger partial charge >= 0.3 is 178 Å². The van der Waals surface area contributed by atoms with E-state index < -0.39 is 0 Å². The SMILES string of the molecule is CCCCCCCCCCCCCC[Se][Se]CCCCCCCCCCCCCC. The third kappa shape index (κ3) is 29.0. The van der Waals surface area contributed by atoms with E-state index in [2.05, 4.69) is 13.8 Å². The van der Waals surface area contributed by atoms with Crippen LogP contribution in [0.1, 0.15) is 168 Å². The summed E-state index contributed by atoms with van der Waals surface area (Å²) in [6, 6.07) is 0. The molecule has 182 valence electrons. The molecule has 0 aliphatic rings. The third-order valence-electron chi connectivity index (χ3n) is 6.25. The zero-order valence-corrected chi connectivity index (χ0v) is 24.6. The Bertz CT molecular complexity index is 252. The normalized spacial score (nSPS) is 11.4. The van der Waals surface area contributed by atoms with Gasteiger partial charge in [0.05, 0.1) is 0 Å². The number of unbranched alkanes of at least 4 members (excludes halogenated alkanes) is 22. The van der Waals surface area contributed by atoms with Crippen molar-refractivity contribution in [2.24, 2.45) is 0 Å². The number of hydrogen-bond acceptors (Lipinski definition) is 0. The zero-order valence-electron chi connectivity index (χ0n) is 21.2. The van der Waals surface area contributed by atoms with E-state index in [0.29, 0.717) is 0 Å². The summed E-state index contributed by atoms with van der Waals surface area (Å²) in [5.41, 5.74) is 0. The van der Waals surface area contributed by atoms with Crippen molar-refractivity contribution in [3.8, 4) is 0 Å². The van der Waals surface area contributed by atoms with Crippen molar-refractivity contribution in [2.75, 3.05) is 0 Å². The molecular formula is C28H58Se2. The molecule has 0 nitrogen and oxygen atoms in total. The van der Waals surface area contributed by atoms with Crippen LogP contribution in [0.2, 0.25) is 10.6 Å². The first-order valence-corrected chi connectivity index (χ1v) is 20.9. The minimum atomic E-state index is 1.02. The first-order chi connectivity index (χ1) is 14.9. The Labute approximate surface area is 204 Å². The molecule has 0 aliphatic carbocycles. The number of hydrogen-bond donors (Lipinski definition) is 0. The van der Waals surface area contributed by atoms with Crippen LogP contribution in [0.25, 0.3) is 0 Å². The van der Waals surface area contributed by atoms with E-state index in [-0.39, 0.29) is 0 Å². The Balaban J connectivity index is 2.97. The molecule has 0 fully saturated rings. The van der Waals surface area contributed by atoms with E-state index in [1.807, 2.05) is 0 Å². The van der Waals surface area contributed by atoms with Crippen molar-refractivity contribution in [3.63, 3.8) is 0 Å². The quantitative estimate of drug-likeness (QED) is 0.0702. The van der Waals surface area contributed by atoms with Gasteiger partial charge in [0.15, 0.2) is 0 Å². The summed E-state index contributed by atoms with van der Waals surface area (Å²) in [6.45, 7) is 4.62. The first-order valence-electron chi connectivity index (χ1n) is 14.2. The summed E-state index contributed by atoms with van der Waals surface area (Å²) >= 11 is 2.03. The van der Waals surface area contributed by atoms with Gasteiger partial charge in [0, 0.05) is 0 Å². The predicted molar refractivity (Wildman–Crippen MR) is 143 cm³/mol. The molecule has 0 unspecified atom stereocenters. The first kappa shape index (κ1) is 31.0. The van der Waals surface area contributed by atoms with Gasteiger partial charge in [-0.3, -0.25) is 0 Å². The Morgan fingerprint density at radius 2 is 0.467 bits per heavy atom. The molecule has 0 N–H and O–H groups in total. The Hall–Kier alpha value is 1.04. The fourth-order valence-electron chi connectivity index (χ4n) is 4.12. The van der Waals surface area contributed by atoms with Crippen molar-refractivity contribution in [3.05, 3.63) is 0 Å². The van der Waals surface area contributed by atoms with E-state index in [9.17, 15) is 0 Å². The molecule has 0 aromatic heterocycles. The molecule has 0 radical (unpaired) electrons. The maximum absolute atomic E-state index is 2.31. The van der Waals surface area contributed by atoms with E-state index in [1.54, 1.807) is 10.6 Å². The Kier molecular flexibility index (Phi) is 31.1. The van der Waals surface area contributed by atoms with E-state index in [1.165, 1.54) is 154 Å². The van der Waals surface area contributed by atoms with Crippen LogP contribution in [-0.2, 0) is 0 Å². The summed E-state index contributed by atoms with van der Waals surface area (Å²) in [5.74, 6) is 0. The fraction of sp³-hybridized carbons (Fsp3) is 1.00. The van der Waals surface area contributed by atoms with Crippen molar-refractivity contribution < 1.29 is 0 Å². The third-order valence-corrected chi connectivity index (χ3v) is 14.0. The van der Waals surface area contributed by atoms with Crippen LogP contribution in [0.5, 0.6) is 0 Å². The van der Waals surface area contributed by atoms with Crippen LogP contribution in [0.15, 0.2) is 0 Å². The molecule has 0 amide bonds. The van der Waals surface area contributed by atoms with Gasteiger partial charge in [-0.2, -0.15) is 0 Å². The summed E-state index contributed by atoms with van der Waals surface area (Å²) in [5, 5.41) is 3.17. The molecule has 0 aromatic carbocycles. The van der Waals surface area contributed by atoms with Gasteiger partial charge in [-0.15, -0.1) is 0 Å². The molecule has 2 heteroatoms. The molecular weight excluding hydrogens is 494 g/mol. The minimum Gasteiger partial charge on any atom is -0.0654 e. The monoisotopic (exact) mass is 554 g/mol. The van der Waals surface area contributed by atoms with Gasteiger partial charge in [0.2, 0.25) is 0 Å². The second-order valence-electron chi connectivity index (χ2n) is 9.42. The van der Waals surface area contributed by atoms with E-state index in [4.69, 9.17) is 0 Å². The second-order valence-corrected chi connectivity index (χ2v) is 17.3. The van der Waals surface area contributed by atoms with Crippen LogP contribution in [0, 0.1) is 0 Å². The average molecular weight is 553 g/mol. The van der Waals surface area contributed by atoms with Crippen LogP contribution in [-0.4, -0.2) is 26.3 Å². The molecule has 0 heterocycles. The molecule has 0 atom stereocenters.